The van der Waals surface area contributed by atoms with Gasteiger partial charge in [-0.05, 0) is 31.9 Å². The van der Waals surface area contributed by atoms with E-state index in [9.17, 15) is 4.79 Å². The molecule has 0 aromatic heterocycles. The Morgan fingerprint density at radius 3 is 2.52 bits per heavy atom. The first kappa shape index (κ1) is 23.7. The molecule has 0 saturated carbocycles. The molecule has 162 valence electrons. The number of halogens is 1. The van der Waals surface area contributed by atoms with E-state index in [1.807, 2.05) is 11.0 Å². The van der Waals surface area contributed by atoms with E-state index >= 15 is 0 Å². The molecule has 29 heavy (non-hydrogen) atoms. The maximum absolute atomic E-state index is 12.5. The zero-order valence-electron chi connectivity index (χ0n) is 17.5. The van der Waals surface area contributed by atoms with Crippen LogP contribution in [0.3, 0.4) is 0 Å². The predicted octanol–water partition coefficient (Wildman–Crippen LogP) is 2.03. The Kier molecular flexibility index (Phi) is 9.99. The van der Waals surface area contributed by atoms with Crippen LogP contribution < -0.4 is 10.2 Å². The van der Waals surface area contributed by atoms with Gasteiger partial charge in [0.25, 0.3) is 5.91 Å². The molecule has 1 N–H and O–H groups in total. The van der Waals surface area contributed by atoms with Gasteiger partial charge < -0.3 is 24.8 Å². The number of anilines is 1. The number of amides is 1. The number of carbonyl (C=O) groups excluding carboxylic acids is 1. The van der Waals surface area contributed by atoms with E-state index in [-0.39, 0.29) is 36.0 Å². The molecule has 2 saturated heterocycles. The molecule has 2 fully saturated rings. The summed E-state index contributed by atoms with van der Waals surface area (Å²) < 4.78 is 5.55. The summed E-state index contributed by atoms with van der Waals surface area (Å²) in [6, 6.07) is 10.4. The predicted molar refractivity (Wildman–Crippen MR) is 128 cm³/mol. The Bertz CT molecular complexity index is 644. The van der Waals surface area contributed by atoms with E-state index < -0.39 is 0 Å². The summed E-state index contributed by atoms with van der Waals surface area (Å²) in [4.78, 5) is 23.7. The lowest BCUT2D eigenvalue weighted by Crippen LogP contribution is -2.55. The number of ether oxygens (including phenoxy) is 1. The van der Waals surface area contributed by atoms with Crippen LogP contribution in [0.4, 0.5) is 5.69 Å². The van der Waals surface area contributed by atoms with E-state index in [4.69, 9.17) is 9.73 Å². The molecule has 2 aliphatic rings. The Labute approximate surface area is 191 Å². The zero-order chi connectivity index (χ0) is 19.8. The number of hydrogen-bond donors (Lipinski definition) is 1. The van der Waals surface area contributed by atoms with E-state index in [0.717, 1.165) is 64.6 Å². The summed E-state index contributed by atoms with van der Waals surface area (Å²) in [5, 5.41) is 3.39. The highest BCUT2D eigenvalue weighted by atomic mass is 127. The van der Waals surface area contributed by atoms with Crippen LogP contribution in [0.5, 0.6) is 0 Å². The van der Waals surface area contributed by atoms with Crippen molar-refractivity contribution in [2.75, 3.05) is 64.4 Å². The Hall–Kier alpha value is -1.55. The van der Waals surface area contributed by atoms with Crippen molar-refractivity contribution in [2.24, 2.45) is 4.99 Å². The summed E-state index contributed by atoms with van der Waals surface area (Å²) in [6.07, 6.45) is 1.63. The van der Waals surface area contributed by atoms with Gasteiger partial charge in [0.15, 0.2) is 5.96 Å². The van der Waals surface area contributed by atoms with Gasteiger partial charge in [-0.3, -0.25) is 9.79 Å². The average Bonchev–Trinajstić information content (AvgIpc) is 3.28. The molecule has 0 spiro atoms. The number of aliphatic imine (C=N–C) groups is 1. The topological polar surface area (TPSA) is 60.4 Å². The number of nitrogens with zero attached hydrogens (tertiary/aromatic N) is 4. The maximum atomic E-state index is 12.5. The van der Waals surface area contributed by atoms with Crippen molar-refractivity contribution in [3.8, 4) is 0 Å². The third kappa shape index (κ3) is 6.74. The van der Waals surface area contributed by atoms with Crippen molar-refractivity contribution in [1.29, 1.82) is 0 Å². The molecule has 2 aliphatic heterocycles. The normalized spacial score (nSPS) is 19.7. The maximum Gasteiger partial charge on any atom is 0.251 e. The van der Waals surface area contributed by atoms with Crippen LogP contribution in [0.15, 0.2) is 35.3 Å². The van der Waals surface area contributed by atoms with Gasteiger partial charge in [0.05, 0.1) is 6.54 Å². The number of piperazine rings is 1. The largest absolute Gasteiger partial charge is 0.373 e. The van der Waals surface area contributed by atoms with E-state index in [2.05, 4.69) is 53.4 Å². The van der Waals surface area contributed by atoms with Crippen LogP contribution >= 0.6 is 24.0 Å². The van der Waals surface area contributed by atoms with Crippen LogP contribution in [0, 0.1) is 0 Å². The lowest BCUT2D eigenvalue weighted by Gasteiger charge is -2.37. The smallest absolute Gasteiger partial charge is 0.251 e. The first-order valence-corrected chi connectivity index (χ1v) is 10.4. The van der Waals surface area contributed by atoms with Crippen molar-refractivity contribution in [1.82, 2.24) is 15.1 Å². The van der Waals surface area contributed by atoms with Crippen LogP contribution in [-0.4, -0.2) is 87.2 Å². The Morgan fingerprint density at radius 1 is 1.21 bits per heavy atom. The van der Waals surface area contributed by atoms with Crippen LogP contribution in [-0.2, 0) is 9.53 Å². The molecular formula is C21H34IN5O2. The average molecular weight is 515 g/mol. The van der Waals surface area contributed by atoms with Crippen molar-refractivity contribution in [2.45, 2.75) is 25.9 Å². The van der Waals surface area contributed by atoms with Crippen LogP contribution in [0.1, 0.15) is 19.8 Å². The van der Waals surface area contributed by atoms with Crippen molar-refractivity contribution in [3.63, 3.8) is 0 Å². The Balaban J connectivity index is 0.00000300. The van der Waals surface area contributed by atoms with Gasteiger partial charge in [-0.15, -0.1) is 24.0 Å². The quantitative estimate of drug-likeness (QED) is 0.357. The number of benzene rings is 1. The lowest BCUT2D eigenvalue weighted by atomic mass is 10.2. The highest BCUT2D eigenvalue weighted by Gasteiger charge is 2.30. The molecule has 0 radical (unpaired) electrons. The lowest BCUT2D eigenvalue weighted by molar-refractivity contribution is -0.142. The van der Waals surface area contributed by atoms with Crippen LogP contribution in [0.25, 0.3) is 0 Å². The molecule has 3 rings (SSSR count). The van der Waals surface area contributed by atoms with Gasteiger partial charge in [0, 0.05) is 58.6 Å². The van der Waals surface area contributed by atoms with E-state index in [1.165, 1.54) is 5.69 Å². The fraction of sp³-hybridized carbons (Fsp3) is 0.619. The summed E-state index contributed by atoms with van der Waals surface area (Å²) in [7, 11) is 2.09. The van der Waals surface area contributed by atoms with Gasteiger partial charge in [-0.2, -0.15) is 0 Å². The van der Waals surface area contributed by atoms with Crippen molar-refractivity contribution in [3.05, 3.63) is 30.3 Å². The number of carbonyl (C=O) groups is 1. The molecule has 1 aromatic carbocycles. The number of rotatable bonds is 6. The highest BCUT2D eigenvalue weighted by Crippen LogP contribution is 2.16. The molecule has 7 nitrogen and oxygen atoms in total. The van der Waals surface area contributed by atoms with Crippen molar-refractivity contribution >= 4 is 41.5 Å². The van der Waals surface area contributed by atoms with E-state index in [0.29, 0.717) is 6.61 Å². The third-order valence-electron chi connectivity index (χ3n) is 5.32. The SMILES string of the molecule is CCNC(=NCCN(C)c1ccccc1)N1CCN(C(=O)C2CCCO2)CC1.I. The minimum absolute atomic E-state index is 0. The molecule has 8 heteroatoms. The van der Waals surface area contributed by atoms with Gasteiger partial charge in [-0.25, -0.2) is 0 Å². The van der Waals surface area contributed by atoms with E-state index in [1.54, 1.807) is 0 Å². The number of hydrogen-bond acceptors (Lipinski definition) is 4. The Morgan fingerprint density at radius 2 is 1.90 bits per heavy atom. The standard InChI is InChI=1S/C21H33N5O2.HI/c1-3-22-21(23-11-12-24(2)18-8-5-4-6-9-18)26-15-13-25(14-16-26)20(27)19-10-7-17-28-19;/h4-6,8-9,19H,3,7,10-17H2,1-2H3,(H,22,23);1H. The number of guanidine groups is 1. The monoisotopic (exact) mass is 515 g/mol. The van der Waals surface area contributed by atoms with Crippen molar-refractivity contribution < 1.29 is 9.53 Å². The number of para-hydroxylation sites is 1. The highest BCUT2D eigenvalue weighted by molar-refractivity contribution is 14.0. The summed E-state index contributed by atoms with van der Waals surface area (Å²) in [5.74, 6) is 1.09. The van der Waals surface area contributed by atoms with Gasteiger partial charge >= 0.3 is 0 Å². The molecule has 2 heterocycles. The molecule has 1 aromatic rings. The summed E-state index contributed by atoms with van der Waals surface area (Å²) >= 11 is 0. The fourth-order valence-electron chi connectivity index (χ4n) is 3.66. The number of nitrogens with one attached hydrogen (secondary N) is 1. The molecule has 0 aliphatic carbocycles. The summed E-state index contributed by atoms with van der Waals surface area (Å²) in [6.45, 7) is 8.28. The van der Waals surface area contributed by atoms with Gasteiger partial charge in [-0.1, -0.05) is 18.2 Å². The molecular weight excluding hydrogens is 481 g/mol. The number of likely N-dealkylation sites (N-methyl/N-ethyl adjacent to an activating group) is 1. The summed E-state index contributed by atoms with van der Waals surface area (Å²) in [5.41, 5.74) is 1.20. The zero-order valence-corrected chi connectivity index (χ0v) is 19.9. The second kappa shape index (κ2) is 12.2. The minimum Gasteiger partial charge on any atom is -0.373 e. The molecule has 1 amide bonds. The fourth-order valence-corrected chi connectivity index (χ4v) is 3.66. The first-order valence-electron chi connectivity index (χ1n) is 10.4. The van der Waals surface area contributed by atoms with Gasteiger partial charge in [0.1, 0.15) is 6.10 Å². The first-order chi connectivity index (χ1) is 13.7. The van der Waals surface area contributed by atoms with Crippen LogP contribution in [0.2, 0.25) is 0 Å². The second-order valence-corrected chi connectivity index (χ2v) is 7.31. The second-order valence-electron chi connectivity index (χ2n) is 7.31. The van der Waals surface area contributed by atoms with Gasteiger partial charge in [0.2, 0.25) is 0 Å². The molecule has 1 atom stereocenters. The molecule has 1 unspecified atom stereocenters. The molecule has 0 bridgehead atoms. The third-order valence-corrected chi connectivity index (χ3v) is 5.32. The minimum atomic E-state index is -0.220.